The monoisotopic (exact) mass is 201 g/mol. The average Bonchev–Trinajstić information content (AvgIpc) is 2.03. The van der Waals surface area contributed by atoms with E-state index >= 15 is 0 Å². The van der Waals surface area contributed by atoms with Crippen LogP contribution in [0, 0.1) is 0 Å². The standard InChI is InChI=1S/C7H11N3O2S/c1-13(11,12)5-6(8)7-9-3-2-4-10-7/h2-4,6H,5,8H2,1H3/t6-/m0/s1. The van der Waals surface area contributed by atoms with Crippen LogP contribution in [0.2, 0.25) is 0 Å². The van der Waals surface area contributed by atoms with Crippen LogP contribution in [-0.2, 0) is 9.84 Å². The van der Waals surface area contributed by atoms with Gasteiger partial charge >= 0.3 is 0 Å². The van der Waals surface area contributed by atoms with Gasteiger partial charge in [0.05, 0.1) is 11.8 Å². The van der Waals surface area contributed by atoms with Gasteiger partial charge in [0.1, 0.15) is 15.7 Å². The highest BCUT2D eigenvalue weighted by Gasteiger charge is 2.14. The number of hydrogen-bond donors (Lipinski definition) is 1. The second-order valence-corrected chi connectivity index (χ2v) is 4.99. The Kier molecular flexibility index (Phi) is 2.94. The molecule has 0 spiro atoms. The highest BCUT2D eigenvalue weighted by atomic mass is 32.2. The maximum atomic E-state index is 10.9. The number of sulfone groups is 1. The number of nitrogens with zero attached hydrogens (tertiary/aromatic N) is 2. The third kappa shape index (κ3) is 3.47. The Labute approximate surface area is 76.9 Å². The third-order valence-corrected chi connectivity index (χ3v) is 2.36. The summed E-state index contributed by atoms with van der Waals surface area (Å²) in [6.07, 6.45) is 4.20. The average molecular weight is 201 g/mol. The molecule has 0 aliphatic heterocycles. The fraction of sp³-hybridized carbons (Fsp3) is 0.429. The van der Waals surface area contributed by atoms with Gasteiger partial charge in [0, 0.05) is 18.6 Å². The topological polar surface area (TPSA) is 85.9 Å². The zero-order valence-corrected chi connectivity index (χ0v) is 8.03. The first-order chi connectivity index (χ1) is 5.99. The summed E-state index contributed by atoms with van der Waals surface area (Å²) in [6, 6.07) is 1.01. The minimum Gasteiger partial charge on any atom is -0.320 e. The summed E-state index contributed by atoms with van der Waals surface area (Å²) < 4.78 is 21.8. The maximum Gasteiger partial charge on any atom is 0.149 e. The van der Waals surface area contributed by atoms with Gasteiger partial charge in [-0.3, -0.25) is 0 Å². The van der Waals surface area contributed by atoms with Crippen LogP contribution < -0.4 is 5.73 Å². The second-order valence-electron chi connectivity index (χ2n) is 2.81. The number of nitrogens with two attached hydrogens (primary N) is 1. The maximum absolute atomic E-state index is 10.9. The molecule has 1 atom stereocenters. The van der Waals surface area contributed by atoms with Crippen molar-refractivity contribution in [3.05, 3.63) is 24.3 Å². The van der Waals surface area contributed by atoms with E-state index < -0.39 is 15.9 Å². The molecule has 72 valence electrons. The van der Waals surface area contributed by atoms with Crippen molar-refractivity contribution in [2.45, 2.75) is 6.04 Å². The first kappa shape index (κ1) is 10.1. The van der Waals surface area contributed by atoms with E-state index in [9.17, 15) is 8.42 Å². The van der Waals surface area contributed by atoms with E-state index in [4.69, 9.17) is 5.73 Å². The SMILES string of the molecule is CS(=O)(=O)C[C@H](N)c1ncccn1. The number of rotatable bonds is 3. The van der Waals surface area contributed by atoms with Crippen LogP contribution in [0.5, 0.6) is 0 Å². The lowest BCUT2D eigenvalue weighted by Gasteiger charge is -2.07. The molecule has 0 saturated carbocycles. The molecule has 0 fully saturated rings. The number of aromatic nitrogens is 2. The molecule has 1 heterocycles. The quantitative estimate of drug-likeness (QED) is 0.714. The van der Waals surface area contributed by atoms with Crippen molar-refractivity contribution >= 4 is 9.84 Å². The Morgan fingerprint density at radius 1 is 1.46 bits per heavy atom. The molecular weight excluding hydrogens is 190 g/mol. The predicted molar refractivity (Wildman–Crippen MR) is 48.7 cm³/mol. The summed E-state index contributed by atoms with van der Waals surface area (Å²) >= 11 is 0. The van der Waals surface area contributed by atoms with Crippen molar-refractivity contribution in [2.75, 3.05) is 12.0 Å². The Balaban J connectivity index is 2.76. The fourth-order valence-corrected chi connectivity index (χ4v) is 1.70. The van der Waals surface area contributed by atoms with Crippen molar-refractivity contribution < 1.29 is 8.42 Å². The van der Waals surface area contributed by atoms with Gasteiger partial charge < -0.3 is 5.73 Å². The summed E-state index contributed by atoms with van der Waals surface area (Å²) in [5, 5.41) is 0. The minimum absolute atomic E-state index is 0.128. The number of hydrogen-bond acceptors (Lipinski definition) is 5. The summed E-state index contributed by atoms with van der Waals surface area (Å²) in [6.45, 7) is 0. The van der Waals surface area contributed by atoms with Crippen molar-refractivity contribution in [1.82, 2.24) is 9.97 Å². The van der Waals surface area contributed by atoms with E-state index in [2.05, 4.69) is 9.97 Å². The largest absolute Gasteiger partial charge is 0.320 e. The summed E-state index contributed by atoms with van der Waals surface area (Å²) in [7, 11) is -3.08. The van der Waals surface area contributed by atoms with Crippen molar-refractivity contribution in [1.29, 1.82) is 0 Å². The van der Waals surface area contributed by atoms with Crippen LogP contribution in [0.15, 0.2) is 18.5 Å². The van der Waals surface area contributed by atoms with Gasteiger partial charge in [0.15, 0.2) is 0 Å². The van der Waals surface area contributed by atoms with Crippen LogP contribution in [0.4, 0.5) is 0 Å². The van der Waals surface area contributed by atoms with Gasteiger partial charge in [-0.05, 0) is 6.07 Å². The molecule has 13 heavy (non-hydrogen) atoms. The van der Waals surface area contributed by atoms with E-state index in [1.165, 1.54) is 12.4 Å². The highest BCUT2D eigenvalue weighted by Crippen LogP contribution is 2.04. The van der Waals surface area contributed by atoms with Crippen LogP contribution >= 0.6 is 0 Å². The Morgan fingerprint density at radius 3 is 2.46 bits per heavy atom. The van der Waals surface area contributed by atoms with Gasteiger partial charge in [-0.1, -0.05) is 0 Å². The van der Waals surface area contributed by atoms with Gasteiger partial charge in [0.2, 0.25) is 0 Å². The van der Waals surface area contributed by atoms with Gasteiger partial charge in [-0.15, -0.1) is 0 Å². The fourth-order valence-electron chi connectivity index (χ4n) is 0.903. The minimum atomic E-state index is -3.08. The van der Waals surface area contributed by atoms with Crippen molar-refractivity contribution in [3.63, 3.8) is 0 Å². The molecule has 1 aromatic heterocycles. The molecular formula is C7H11N3O2S. The smallest absolute Gasteiger partial charge is 0.149 e. The molecule has 0 bridgehead atoms. The van der Waals surface area contributed by atoms with E-state index in [1.54, 1.807) is 6.07 Å². The van der Waals surface area contributed by atoms with Gasteiger partial charge in [-0.2, -0.15) is 0 Å². The first-order valence-corrected chi connectivity index (χ1v) is 5.75. The second kappa shape index (κ2) is 3.80. The summed E-state index contributed by atoms with van der Waals surface area (Å²) in [4.78, 5) is 7.72. The predicted octanol–water partition coefficient (Wildman–Crippen LogP) is -0.479. The molecule has 0 amide bonds. The summed E-state index contributed by atoms with van der Waals surface area (Å²) in [5.74, 6) is 0.227. The molecule has 0 aromatic carbocycles. The van der Waals surface area contributed by atoms with Gasteiger partial charge in [-0.25, -0.2) is 18.4 Å². The van der Waals surface area contributed by atoms with E-state index in [0.29, 0.717) is 5.82 Å². The van der Waals surface area contributed by atoms with Crippen molar-refractivity contribution in [3.8, 4) is 0 Å². The zero-order chi connectivity index (χ0) is 9.90. The Morgan fingerprint density at radius 2 is 2.00 bits per heavy atom. The summed E-state index contributed by atoms with van der Waals surface area (Å²) in [5.41, 5.74) is 5.58. The molecule has 0 aliphatic rings. The van der Waals surface area contributed by atoms with Crippen LogP contribution in [-0.4, -0.2) is 30.4 Å². The van der Waals surface area contributed by atoms with Crippen LogP contribution in [0.1, 0.15) is 11.9 Å². The lowest BCUT2D eigenvalue weighted by molar-refractivity contribution is 0.591. The molecule has 5 nitrogen and oxygen atoms in total. The molecule has 0 radical (unpaired) electrons. The molecule has 2 N–H and O–H groups in total. The van der Waals surface area contributed by atoms with Crippen LogP contribution in [0.25, 0.3) is 0 Å². The molecule has 6 heteroatoms. The lowest BCUT2D eigenvalue weighted by Crippen LogP contribution is -2.22. The Bertz CT molecular complexity index is 363. The van der Waals surface area contributed by atoms with E-state index in [-0.39, 0.29) is 5.75 Å². The lowest BCUT2D eigenvalue weighted by atomic mass is 10.3. The molecule has 0 saturated heterocycles. The third-order valence-electron chi connectivity index (χ3n) is 1.40. The van der Waals surface area contributed by atoms with E-state index in [1.807, 2.05) is 0 Å². The Hall–Kier alpha value is -1.01. The normalized spacial score (nSPS) is 14.0. The zero-order valence-electron chi connectivity index (χ0n) is 7.21. The molecule has 0 unspecified atom stereocenters. The molecule has 1 rings (SSSR count). The molecule has 1 aromatic rings. The van der Waals surface area contributed by atoms with E-state index in [0.717, 1.165) is 6.26 Å². The van der Waals surface area contributed by atoms with Crippen molar-refractivity contribution in [2.24, 2.45) is 5.73 Å². The van der Waals surface area contributed by atoms with Crippen LogP contribution in [0.3, 0.4) is 0 Å². The van der Waals surface area contributed by atoms with Gasteiger partial charge in [0.25, 0.3) is 0 Å². The first-order valence-electron chi connectivity index (χ1n) is 3.69. The highest BCUT2D eigenvalue weighted by molar-refractivity contribution is 7.90. The molecule has 0 aliphatic carbocycles.